The lowest BCUT2D eigenvalue weighted by atomic mass is 10.1. The summed E-state index contributed by atoms with van der Waals surface area (Å²) in [5.74, 6) is -1.69. The number of thiophene rings is 1. The van der Waals surface area contributed by atoms with Crippen LogP contribution in [0.2, 0.25) is 0 Å². The Bertz CT molecular complexity index is 933. The average molecular weight is 487 g/mol. The molecule has 32 heavy (non-hydrogen) atoms. The van der Waals surface area contributed by atoms with Crippen molar-refractivity contribution in [1.29, 1.82) is 0 Å². The minimum absolute atomic E-state index is 0.0339. The molecule has 2 aromatic rings. The summed E-state index contributed by atoms with van der Waals surface area (Å²) in [6, 6.07) is 7.55. The fourth-order valence-corrected chi connectivity index (χ4v) is 4.32. The van der Waals surface area contributed by atoms with E-state index in [0.29, 0.717) is 16.3 Å². The van der Waals surface area contributed by atoms with Crippen LogP contribution in [0, 0.1) is 0 Å². The molecule has 6 N–H and O–H groups in total. The van der Waals surface area contributed by atoms with Crippen molar-refractivity contribution in [2.45, 2.75) is 30.7 Å². The van der Waals surface area contributed by atoms with Crippen molar-refractivity contribution in [3.05, 3.63) is 40.6 Å². The van der Waals surface area contributed by atoms with Gasteiger partial charge < -0.3 is 25.6 Å². The fraction of sp³-hybridized carbons (Fsp3) is 0.350. The molecule has 1 unspecified atom stereocenters. The van der Waals surface area contributed by atoms with E-state index in [0.717, 1.165) is 18.4 Å². The molecule has 0 fully saturated rings. The lowest BCUT2D eigenvalue weighted by Gasteiger charge is -2.16. The van der Waals surface area contributed by atoms with Gasteiger partial charge in [-0.25, -0.2) is 9.00 Å². The number of nitrogens with one attached hydrogen (secondary N) is 2. The van der Waals surface area contributed by atoms with E-state index in [1.54, 1.807) is 42.6 Å². The van der Waals surface area contributed by atoms with Gasteiger partial charge in [-0.15, -0.1) is 11.3 Å². The van der Waals surface area contributed by atoms with Gasteiger partial charge in [0.15, 0.2) is 11.0 Å². The minimum Gasteiger partial charge on any atom is -0.467 e. The van der Waals surface area contributed by atoms with Crippen LogP contribution < -0.4 is 15.8 Å². The van der Waals surface area contributed by atoms with E-state index in [1.807, 2.05) is 0 Å². The summed E-state index contributed by atoms with van der Waals surface area (Å²) in [7, 11) is 0.573. The van der Waals surface area contributed by atoms with Crippen molar-refractivity contribution in [2.75, 3.05) is 25.5 Å². The molecule has 0 radical (unpaired) electrons. The number of aliphatic hydroxyl groups excluding tert-OH is 1. The molecular formula is C20H28N3O7S2+. The lowest BCUT2D eigenvalue weighted by molar-refractivity contribution is -0.258. The number of hydrogen-bond acceptors (Lipinski definition) is 8. The van der Waals surface area contributed by atoms with Crippen LogP contribution in [0.1, 0.15) is 29.4 Å². The number of benzene rings is 1. The third-order valence-corrected chi connectivity index (χ3v) is 6.10. The fourth-order valence-electron chi connectivity index (χ4n) is 2.52. The van der Waals surface area contributed by atoms with Crippen LogP contribution in [-0.2, 0) is 30.0 Å². The quantitative estimate of drug-likeness (QED) is 0.364. The molecular weight excluding hydrogens is 458 g/mol. The Labute approximate surface area is 192 Å². The number of quaternary nitrogens is 1. The summed E-state index contributed by atoms with van der Waals surface area (Å²) in [4.78, 5) is 37.1. The monoisotopic (exact) mass is 486 g/mol. The van der Waals surface area contributed by atoms with Gasteiger partial charge >= 0.3 is 11.9 Å². The molecule has 0 saturated carbocycles. The van der Waals surface area contributed by atoms with E-state index in [9.17, 15) is 18.6 Å². The molecule has 0 aliphatic rings. The largest absolute Gasteiger partial charge is 0.467 e. The third kappa shape index (κ3) is 8.04. The first kappa shape index (κ1) is 27.2. The Morgan fingerprint density at radius 1 is 1.22 bits per heavy atom. The highest BCUT2D eigenvalue weighted by Gasteiger charge is 2.25. The van der Waals surface area contributed by atoms with Crippen LogP contribution in [0.4, 0.5) is 11.4 Å². The van der Waals surface area contributed by atoms with E-state index < -0.39 is 34.9 Å². The molecule has 1 heterocycles. The standard InChI is InChI=1S/C19H23N3O6S2.CH4O/c1-3-28-16(23)9-8-14(19(25)27-2)21-18(24)17-13(10-11-29-17)22-30(26)15-7-5-4-6-12(15)20;1-2/h4-7,10-11,14,22H,3,8-9,20H2,1-2H3,(H,21,24);2H,1H3/p+1/t14-,30?;/m0./s1. The molecule has 176 valence electrons. The van der Waals surface area contributed by atoms with Crippen molar-refractivity contribution in [3.63, 3.8) is 0 Å². The van der Waals surface area contributed by atoms with Gasteiger partial charge in [0, 0.05) is 19.6 Å². The molecule has 0 aliphatic heterocycles. The van der Waals surface area contributed by atoms with E-state index >= 15 is 0 Å². The summed E-state index contributed by atoms with van der Waals surface area (Å²) >= 11 is 1.12. The van der Waals surface area contributed by atoms with Crippen molar-refractivity contribution in [1.82, 2.24) is 5.32 Å². The van der Waals surface area contributed by atoms with Gasteiger partial charge in [0.2, 0.25) is 0 Å². The first-order valence-electron chi connectivity index (χ1n) is 9.53. The van der Waals surface area contributed by atoms with Gasteiger partial charge in [-0.2, -0.15) is 0 Å². The molecule has 0 aliphatic carbocycles. The number of anilines is 1. The van der Waals surface area contributed by atoms with Crippen molar-refractivity contribution in [2.24, 2.45) is 0 Å². The predicted molar refractivity (Wildman–Crippen MR) is 121 cm³/mol. The Morgan fingerprint density at radius 3 is 2.53 bits per heavy atom. The normalized spacial score (nSPS) is 11.9. The maximum atomic E-state index is 12.7. The zero-order valence-electron chi connectivity index (χ0n) is 18.1. The van der Waals surface area contributed by atoms with Crippen LogP contribution >= 0.6 is 11.3 Å². The van der Waals surface area contributed by atoms with E-state index in [1.165, 1.54) is 7.11 Å². The van der Waals surface area contributed by atoms with Crippen molar-refractivity contribution in [3.8, 4) is 0 Å². The maximum Gasteiger partial charge on any atom is 0.328 e. The SMILES string of the molecule is CCOC(=O)CC[C@H](NC(=O)c1sccc1NS(=O)c1ccccc1[NH3+])C(=O)OC.CO. The second-order valence-electron chi connectivity index (χ2n) is 6.03. The Kier molecular flexibility index (Phi) is 12.2. The smallest absolute Gasteiger partial charge is 0.328 e. The molecule has 12 heteroatoms. The number of aliphatic hydroxyl groups is 1. The van der Waals surface area contributed by atoms with Crippen molar-refractivity contribution < 1.29 is 38.9 Å². The second-order valence-corrected chi connectivity index (χ2v) is 8.13. The summed E-state index contributed by atoms with van der Waals surface area (Å²) < 4.78 is 25.0. The van der Waals surface area contributed by atoms with Gasteiger partial charge in [0.1, 0.15) is 21.5 Å². The van der Waals surface area contributed by atoms with Crippen molar-refractivity contribution >= 4 is 51.5 Å². The summed E-state index contributed by atoms with van der Waals surface area (Å²) in [6.07, 6.45) is -0.0140. The molecule has 0 bridgehead atoms. The zero-order chi connectivity index (χ0) is 24.1. The summed E-state index contributed by atoms with van der Waals surface area (Å²) in [5.41, 5.74) is 4.81. The van der Waals surface area contributed by atoms with Gasteiger partial charge in [0.25, 0.3) is 5.91 Å². The third-order valence-electron chi connectivity index (χ3n) is 3.98. The van der Waals surface area contributed by atoms with E-state index in [2.05, 4.69) is 15.8 Å². The topological polar surface area (TPSA) is 159 Å². The highest BCUT2D eigenvalue weighted by atomic mass is 32.2. The highest BCUT2D eigenvalue weighted by Crippen LogP contribution is 2.25. The second kappa shape index (κ2) is 14.3. The van der Waals surface area contributed by atoms with Gasteiger partial charge in [-0.1, -0.05) is 12.1 Å². The number of carbonyl (C=O) groups excluding carboxylic acids is 3. The van der Waals surface area contributed by atoms with Crippen LogP contribution in [-0.4, -0.2) is 54.0 Å². The number of rotatable bonds is 10. The van der Waals surface area contributed by atoms with Crippen LogP contribution in [0.3, 0.4) is 0 Å². The number of methoxy groups -OCH3 is 1. The molecule has 1 aromatic carbocycles. The van der Waals surface area contributed by atoms with Gasteiger partial charge in [-0.05, 0) is 30.9 Å². The zero-order valence-corrected chi connectivity index (χ0v) is 19.7. The molecule has 1 aromatic heterocycles. The number of esters is 2. The molecule has 2 atom stereocenters. The summed E-state index contributed by atoms with van der Waals surface area (Å²) in [6.45, 7) is 1.91. The molecule has 0 saturated heterocycles. The molecule has 1 amide bonds. The number of ether oxygens (including phenoxy) is 2. The predicted octanol–water partition coefficient (Wildman–Crippen LogP) is 0.979. The maximum absolute atomic E-state index is 12.7. The molecule has 10 nitrogen and oxygen atoms in total. The highest BCUT2D eigenvalue weighted by molar-refractivity contribution is 7.86. The minimum atomic E-state index is -1.62. The molecule has 0 spiro atoms. The Hall–Kier alpha value is -2.80. The van der Waals surface area contributed by atoms with Gasteiger partial charge in [-0.3, -0.25) is 14.3 Å². The number of amides is 1. The van der Waals surface area contributed by atoms with Crippen LogP contribution in [0.25, 0.3) is 0 Å². The Balaban J connectivity index is 0.00000249. The summed E-state index contributed by atoms with van der Waals surface area (Å²) in [5, 5.41) is 11.2. The lowest BCUT2D eigenvalue weighted by Crippen LogP contribution is -2.42. The Morgan fingerprint density at radius 2 is 1.91 bits per heavy atom. The first-order chi connectivity index (χ1) is 15.4. The molecule has 2 rings (SSSR count). The number of hydrogen-bond donors (Lipinski definition) is 4. The van der Waals surface area contributed by atoms with E-state index in [4.69, 9.17) is 14.6 Å². The van der Waals surface area contributed by atoms with Crippen LogP contribution in [0.15, 0.2) is 40.6 Å². The first-order valence-corrected chi connectivity index (χ1v) is 11.6. The average Bonchev–Trinajstić information content (AvgIpc) is 3.26. The number of carbonyl (C=O) groups is 3. The van der Waals surface area contributed by atoms with E-state index in [-0.39, 0.29) is 24.3 Å². The van der Waals surface area contributed by atoms with Gasteiger partial charge in [0.05, 0.1) is 19.4 Å². The van der Waals surface area contributed by atoms with Crippen LogP contribution in [0.5, 0.6) is 0 Å².